The molecular weight excluding hydrogens is 387 g/mol. The van der Waals surface area contributed by atoms with E-state index in [9.17, 15) is 27.9 Å². The van der Waals surface area contributed by atoms with E-state index in [-0.39, 0.29) is 31.1 Å². The SMILES string of the molecule is O=C(O)Cn1c(C2CC(=O)N(c3cccc(C(F)(F)F)c3)C2)nc2ccccc21. The predicted molar refractivity (Wildman–Crippen MR) is 98.5 cm³/mol. The lowest BCUT2D eigenvalue weighted by Crippen LogP contribution is -2.25. The highest BCUT2D eigenvalue weighted by atomic mass is 19.4. The van der Waals surface area contributed by atoms with Crippen molar-refractivity contribution in [3.63, 3.8) is 0 Å². The first-order valence-corrected chi connectivity index (χ1v) is 8.88. The lowest BCUT2D eigenvalue weighted by Gasteiger charge is -2.18. The van der Waals surface area contributed by atoms with E-state index in [1.54, 1.807) is 28.8 Å². The molecule has 150 valence electrons. The van der Waals surface area contributed by atoms with Crippen molar-refractivity contribution in [2.75, 3.05) is 11.4 Å². The van der Waals surface area contributed by atoms with Gasteiger partial charge in [0, 0.05) is 24.6 Å². The van der Waals surface area contributed by atoms with Gasteiger partial charge in [-0.1, -0.05) is 18.2 Å². The van der Waals surface area contributed by atoms with Gasteiger partial charge in [-0.15, -0.1) is 0 Å². The van der Waals surface area contributed by atoms with Crippen LogP contribution >= 0.6 is 0 Å². The second kappa shape index (κ2) is 6.91. The van der Waals surface area contributed by atoms with E-state index in [0.717, 1.165) is 12.1 Å². The summed E-state index contributed by atoms with van der Waals surface area (Å²) in [5.74, 6) is -1.36. The minimum absolute atomic E-state index is 0.0409. The van der Waals surface area contributed by atoms with Crippen LogP contribution in [-0.4, -0.2) is 33.1 Å². The number of anilines is 1. The zero-order valence-electron chi connectivity index (χ0n) is 15.1. The van der Waals surface area contributed by atoms with E-state index < -0.39 is 23.6 Å². The third-order valence-electron chi connectivity index (χ3n) is 4.95. The second-order valence-corrected chi connectivity index (χ2v) is 6.89. The van der Waals surface area contributed by atoms with Gasteiger partial charge in [-0.25, -0.2) is 4.98 Å². The Balaban J connectivity index is 1.69. The van der Waals surface area contributed by atoms with Crippen LogP contribution in [0.3, 0.4) is 0 Å². The molecule has 0 bridgehead atoms. The Labute approximate surface area is 163 Å². The van der Waals surface area contributed by atoms with Crippen molar-refractivity contribution in [3.05, 3.63) is 59.9 Å². The van der Waals surface area contributed by atoms with E-state index in [1.807, 2.05) is 0 Å². The number of fused-ring (bicyclic) bond motifs is 1. The van der Waals surface area contributed by atoms with Crippen LogP contribution < -0.4 is 4.90 Å². The van der Waals surface area contributed by atoms with Crippen LogP contribution in [0.1, 0.15) is 23.7 Å². The Morgan fingerprint density at radius 2 is 1.93 bits per heavy atom. The molecule has 29 heavy (non-hydrogen) atoms. The number of nitrogens with zero attached hydrogens (tertiary/aromatic N) is 3. The molecule has 0 spiro atoms. The highest BCUT2D eigenvalue weighted by molar-refractivity contribution is 5.96. The van der Waals surface area contributed by atoms with Crippen molar-refractivity contribution in [3.8, 4) is 0 Å². The Morgan fingerprint density at radius 1 is 1.17 bits per heavy atom. The molecule has 4 rings (SSSR count). The Morgan fingerprint density at radius 3 is 2.66 bits per heavy atom. The number of rotatable bonds is 4. The van der Waals surface area contributed by atoms with E-state index in [4.69, 9.17) is 0 Å². The molecule has 1 fully saturated rings. The normalized spacial score (nSPS) is 17.3. The molecule has 1 aliphatic rings. The first-order chi connectivity index (χ1) is 13.7. The Kier molecular flexibility index (Phi) is 4.52. The van der Waals surface area contributed by atoms with Gasteiger partial charge in [-0.3, -0.25) is 9.59 Å². The van der Waals surface area contributed by atoms with Crippen LogP contribution in [0.25, 0.3) is 11.0 Å². The topological polar surface area (TPSA) is 75.4 Å². The molecule has 1 N–H and O–H groups in total. The number of imidazole rings is 1. The standard InChI is InChI=1S/C20H16F3N3O3/c21-20(22,23)13-4-3-5-14(9-13)25-10-12(8-17(25)27)19-24-15-6-1-2-7-16(15)26(19)11-18(28)29/h1-7,9,12H,8,10-11H2,(H,28,29). The minimum Gasteiger partial charge on any atom is -0.480 e. The molecule has 1 unspecified atom stereocenters. The Bertz CT molecular complexity index is 1110. The molecule has 2 heterocycles. The van der Waals surface area contributed by atoms with E-state index in [1.165, 1.54) is 17.0 Å². The number of amides is 1. The van der Waals surface area contributed by atoms with Gasteiger partial charge in [0.15, 0.2) is 0 Å². The highest BCUT2D eigenvalue weighted by Gasteiger charge is 2.36. The van der Waals surface area contributed by atoms with Crippen molar-refractivity contribution < 1.29 is 27.9 Å². The zero-order valence-corrected chi connectivity index (χ0v) is 15.1. The largest absolute Gasteiger partial charge is 0.480 e. The number of hydrogen-bond acceptors (Lipinski definition) is 3. The third-order valence-corrected chi connectivity index (χ3v) is 4.95. The molecule has 1 aliphatic heterocycles. The average molecular weight is 403 g/mol. The van der Waals surface area contributed by atoms with Crippen molar-refractivity contribution in [1.29, 1.82) is 0 Å². The minimum atomic E-state index is -4.51. The number of aliphatic carboxylic acids is 1. The average Bonchev–Trinajstić information content (AvgIpc) is 3.22. The summed E-state index contributed by atoms with van der Waals surface area (Å²) in [5.41, 5.74) is 0.571. The molecule has 0 aliphatic carbocycles. The number of carbonyl (C=O) groups is 2. The van der Waals surface area contributed by atoms with Crippen LogP contribution in [0.4, 0.5) is 18.9 Å². The van der Waals surface area contributed by atoms with Gasteiger partial charge in [0.25, 0.3) is 0 Å². The smallest absolute Gasteiger partial charge is 0.416 e. The monoisotopic (exact) mass is 403 g/mol. The summed E-state index contributed by atoms with van der Waals surface area (Å²) in [6.07, 6.45) is -4.47. The van der Waals surface area contributed by atoms with Crippen molar-refractivity contribution in [1.82, 2.24) is 9.55 Å². The number of aromatic nitrogens is 2. The van der Waals surface area contributed by atoms with Gasteiger partial charge < -0.3 is 14.6 Å². The van der Waals surface area contributed by atoms with Gasteiger partial charge in [-0.05, 0) is 30.3 Å². The molecule has 1 saturated heterocycles. The number of hydrogen-bond donors (Lipinski definition) is 1. The Hall–Kier alpha value is -3.36. The van der Waals surface area contributed by atoms with Crippen LogP contribution in [0.2, 0.25) is 0 Å². The van der Waals surface area contributed by atoms with Crippen molar-refractivity contribution >= 4 is 28.6 Å². The molecule has 2 aromatic carbocycles. The third kappa shape index (κ3) is 3.55. The molecule has 1 atom stereocenters. The van der Waals surface area contributed by atoms with E-state index >= 15 is 0 Å². The number of benzene rings is 2. The number of alkyl halides is 3. The first-order valence-electron chi connectivity index (χ1n) is 8.88. The maximum absolute atomic E-state index is 13.0. The molecule has 0 radical (unpaired) electrons. The van der Waals surface area contributed by atoms with E-state index in [0.29, 0.717) is 16.9 Å². The molecule has 6 nitrogen and oxygen atoms in total. The van der Waals surface area contributed by atoms with Gasteiger partial charge in [0.1, 0.15) is 12.4 Å². The molecule has 1 amide bonds. The van der Waals surface area contributed by atoms with E-state index in [2.05, 4.69) is 4.98 Å². The number of carboxylic acid groups (broad SMARTS) is 1. The lowest BCUT2D eigenvalue weighted by atomic mass is 10.1. The summed E-state index contributed by atoms with van der Waals surface area (Å²) >= 11 is 0. The van der Waals surface area contributed by atoms with Crippen LogP contribution in [0.5, 0.6) is 0 Å². The maximum Gasteiger partial charge on any atom is 0.416 e. The number of carbonyl (C=O) groups excluding carboxylic acids is 1. The summed E-state index contributed by atoms with van der Waals surface area (Å²) in [5, 5.41) is 9.27. The molecule has 0 saturated carbocycles. The summed E-state index contributed by atoms with van der Waals surface area (Å²) in [7, 11) is 0. The molecule has 9 heteroatoms. The number of halogens is 3. The van der Waals surface area contributed by atoms with Crippen molar-refractivity contribution in [2.45, 2.75) is 25.1 Å². The van der Waals surface area contributed by atoms with Gasteiger partial charge in [-0.2, -0.15) is 13.2 Å². The zero-order chi connectivity index (χ0) is 20.8. The van der Waals surface area contributed by atoms with Gasteiger partial charge >= 0.3 is 12.1 Å². The van der Waals surface area contributed by atoms with Crippen LogP contribution in [-0.2, 0) is 22.3 Å². The van der Waals surface area contributed by atoms with Gasteiger partial charge in [0.2, 0.25) is 5.91 Å². The fourth-order valence-electron chi connectivity index (χ4n) is 3.69. The van der Waals surface area contributed by atoms with Crippen molar-refractivity contribution in [2.24, 2.45) is 0 Å². The summed E-state index contributed by atoms with van der Waals surface area (Å²) in [6, 6.07) is 11.6. The highest BCUT2D eigenvalue weighted by Crippen LogP contribution is 2.36. The summed E-state index contributed by atoms with van der Waals surface area (Å²) in [4.78, 5) is 29.7. The molecular formula is C20H16F3N3O3. The fourth-order valence-corrected chi connectivity index (χ4v) is 3.69. The maximum atomic E-state index is 13.0. The predicted octanol–water partition coefficient (Wildman–Crippen LogP) is 3.66. The molecule has 3 aromatic rings. The van der Waals surface area contributed by atoms with Crippen LogP contribution in [0.15, 0.2) is 48.5 Å². The van der Waals surface area contributed by atoms with Gasteiger partial charge in [0.05, 0.1) is 16.6 Å². The lowest BCUT2D eigenvalue weighted by molar-refractivity contribution is -0.138. The molecule has 1 aromatic heterocycles. The quantitative estimate of drug-likeness (QED) is 0.722. The first kappa shape index (κ1) is 19.0. The number of carboxylic acids is 1. The summed E-state index contributed by atoms with van der Waals surface area (Å²) in [6.45, 7) is -0.187. The summed E-state index contributed by atoms with van der Waals surface area (Å²) < 4.78 is 40.6. The van der Waals surface area contributed by atoms with Crippen LogP contribution in [0, 0.1) is 0 Å². The number of para-hydroxylation sites is 2. The fraction of sp³-hybridized carbons (Fsp3) is 0.250. The second-order valence-electron chi connectivity index (χ2n) is 6.89.